The van der Waals surface area contributed by atoms with Crippen molar-refractivity contribution in [1.82, 2.24) is 4.40 Å². The second kappa shape index (κ2) is 5.59. The maximum atomic E-state index is 2.47. The van der Waals surface area contributed by atoms with E-state index in [1.807, 2.05) is 0 Å². The lowest BCUT2D eigenvalue weighted by Gasteiger charge is -2.11. The molecule has 0 aliphatic heterocycles. The Bertz CT molecular complexity index is 1110. The highest BCUT2D eigenvalue weighted by Gasteiger charge is 2.24. The van der Waals surface area contributed by atoms with Gasteiger partial charge in [0.1, 0.15) is 11.7 Å². The van der Waals surface area contributed by atoms with Gasteiger partial charge in [-0.25, -0.2) is 4.57 Å². The molecular formula is C23H27N2+. The maximum absolute atomic E-state index is 2.47. The summed E-state index contributed by atoms with van der Waals surface area (Å²) in [5.41, 5.74) is 6.70. The maximum Gasteiger partial charge on any atom is 0.295 e. The minimum atomic E-state index is 0.475. The Morgan fingerprint density at radius 2 is 1.68 bits per heavy atom. The fraction of sp³-hybridized carbons (Fsp3) is 0.348. The highest BCUT2D eigenvalue weighted by atomic mass is 15.1. The van der Waals surface area contributed by atoms with Crippen molar-refractivity contribution in [3.8, 4) is 0 Å². The summed E-state index contributed by atoms with van der Waals surface area (Å²) in [6.07, 6.45) is 2.29. The number of nitrogens with zero attached hydrogens (tertiary/aromatic N) is 2. The van der Waals surface area contributed by atoms with E-state index in [0.29, 0.717) is 11.8 Å². The van der Waals surface area contributed by atoms with Crippen molar-refractivity contribution in [1.29, 1.82) is 0 Å². The fourth-order valence-electron chi connectivity index (χ4n) is 4.06. The van der Waals surface area contributed by atoms with Crippen molar-refractivity contribution < 1.29 is 4.57 Å². The molecule has 4 rings (SSSR count). The van der Waals surface area contributed by atoms with E-state index in [4.69, 9.17) is 0 Å². The number of aromatic nitrogens is 2. The molecule has 4 aromatic rings. The van der Waals surface area contributed by atoms with Gasteiger partial charge in [-0.05, 0) is 36.1 Å². The van der Waals surface area contributed by atoms with Crippen molar-refractivity contribution in [3.63, 3.8) is 0 Å². The van der Waals surface area contributed by atoms with Gasteiger partial charge in [0.15, 0.2) is 5.69 Å². The van der Waals surface area contributed by atoms with Crippen molar-refractivity contribution in [3.05, 3.63) is 59.4 Å². The highest BCUT2D eigenvalue weighted by Crippen LogP contribution is 2.34. The molecule has 0 spiro atoms. The Hall–Kier alpha value is -2.35. The van der Waals surface area contributed by atoms with Gasteiger partial charge < -0.3 is 0 Å². The number of aryl methyl sites for hydroxylation is 2. The van der Waals surface area contributed by atoms with Gasteiger partial charge in [0, 0.05) is 16.7 Å². The van der Waals surface area contributed by atoms with Crippen molar-refractivity contribution in [2.24, 2.45) is 7.05 Å². The Morgan fingerprint density at radius 3 is 2.36 bits per heavy atom. The first kappa shape index (κ1) is 16.1. The lowest BCUT2D eigenvalue weighted by molar-refractivity contribution is -0.643. The van der Waals surface area contributed by atoms with Crippen LogP contribution in [0.15, 0.2) is 42.6 Å². The fourth-order valence-corrected chi connectivity index (χ4v) is 4.06. The van der Waals surface area contributed by atoms with Gasteiger partial charge in [0.05, 0.1) is 12.4 Å². The molecule has 0 aliphatic rings. The summed E-state index contributed by atoms with van der Waals surface area (Å²) in [7, 11) is 2.17. The van der Waals surface area contributed by atoms with Crippen LogP contribution in [-0.2, 0) is 7.05 Å². The summed E-state index contributed by atoms with van der Waals surface area (Å²) in [5.74, 6) is 1.01. The third-order valence-electron chi connectivity index (χ3n) is 5.44. The van der Waals surface area contributed by atoms with Gasteiger partial charge in [-0.1, -0.05) is 52.0 Å². The van der Waals surface area contributed by atoms with E-state index in [2.05, 4.69) is 93.2 Å². The highest BCUT2D eigenvalue weighted by molar-refractivity contribution is 6.12. The topological polar surface area (TPSA) is 8.29 Å². The predicted molar refractivity (Wildman–Crippen MR) is 107 cm³/mol. The summed E-state index contributed by atoms with van der Waals surface area (Å²) in [4.78, 5) is 0. The smallest absolute Gasteiger partial charge is 0.232 e. The van der Waals surface area contributed by atoms with Crippen LogP contribution in [0.5, 0.6) is 0 Å². The van der Waals surface area contributed by atoms with E-state index in [-0.39, 0.29) is 0 Å². The van der Waals surface area contributed by atoms with E-state index in [0.717, 1.165) is 0 Å². The van der Waals surface area contributed by atoms with E-state index >= 15 is 0 Å². The zero-order chi connectivity index (χ0) is 17.9. The van der Waals surface area contributed by atoms with Gasteiger partial charge in [-0.2, -0.15) is 4.40 Å². The zero-order valence-electron chi connectivity index (χ0n) is 16.1. The molecule has 0 atom stereocenters. The molecule has 2 aromatic carbocycles. The number of hydrogen-bond donors (Lipinski definition) is 0. The molecule has 0 saturated carbocycles. The average Bonchev–Trinajstić information content (AvgIpc) is 2.92. The van der Waals surface area contributed by atoms with Crippen LogP contribution in [0.4, 0.5) is 0 Å². The average molecular weight is 331 g/mol. The molecule has 2 heterocycles. The largest absolute Gasteiger partial charge is 0.295 e. The predicted octanol–water partition coefficient (Wildman–Crippen LogP) is 5.63. The van der Waals surface area contributed by atoms with Crippen LogP contribution >= 0.6 is 0 Å². The third-order valence-corrected chi connectivity index (χ3v) is 5.44. The molecule has 2 aromatic heterocycles. The van der Waals surface area contributed by atoms with Gasteiger partial charge in [0.2, 0.25) is 0 Å². The van der Waals surface area contributed by atoms with Crippen molar-refractivity contribution in [2.75, 3.05) is 0 Å². The summed E-state index contributed by atoms with van der Waals surface area (Å²) >= 11 is 0. The standard InChI is InChI=1S/C23H27N2/c1-14(2)17-10-11-20-19(12-17)18-9-7-8-16(5)22(18)23-24(6)13-21(15(3)4)25(20)23/h7-15H,1-6H3/q+1. The van der Waals surface area contributed by atoms with E-state index in [9.17, 15) is 0 Å². The first-order chi connectivity index (χ1) is 11.9. The number of pyridine rings is 1. The number of hydrogen-bond acceptors (Lipinski definition) is 0. The van der Waals surface area contributed by atoms with Gasteiger partial charge in [-0.15, -0.1) is 0 Å². The Balaban J connectivity index is 2.35. The van der Waals surface area contributed by atoms with Crippen molar-refractivity contribution in [2.45, 2.75) is 46.5 Å². The van der Waals surface area contributed by atoms with E-state index < -0.39 is 0 Å². The number of benzene rings is 2. The van der Waals surface area contributed by atoms with Crippen LogP contribution in [0.2, 0.25) is 0 Å². The molecule has 25 heavy (non-hydrogen) atoms. The van der Waals surface area contributed by atoms with Gasteiger partial charge in [0.25, 0.3) is 5.65 Å². The summed E-state index contributed by atoms with van der Waals surface area (Å²) in [6.45, 7) is 11.3. The van der Waals surface area contributed by atoms with E-state index in [1.54, 1.807) is 0 Å². The van der Waals surface area contributed by atoms with Crippen LogP contribution < -0.4 is 4.57 Å². The molecule has 0 aliphatic carbocycles. The molecule has 2 nitrogen and oxygen atoms in total. The van der Waals surface area contributed by atoms with Crippen LogP contribution in [0, 0.1) is 6.92 Å². The first-order valence-corrected chi connectivity index (χ1v) is 9.26. The number of rotatable bonds is 2. The molecule has 128 valence electrons. The normalized spacial score (nSPS) is 12.3. The summed E-state index contributed by atoms with van der Waals surface area (Å²) in [5, 5.41) is 4.08. The molecule has 0 unspecified atom stereocenters. The zero-order valence-corrected chi connectivity index (χ0v) is 16.1. The van der Waals surface area contributed by atoms with Gasteiger partial charge >= 0.3 is 0 Å². The number of imidazole rings is 1. The SMILES string of the molecule is Cc1cccc2c3cc(C(C)C)ccc3n3c(C(C)C)c[n+](C)c3c12. The second-order valence-electron chi connectivity index (χ2n) is 7.91. The molecule has 0 fully saturated rings. The Kier molecular flexibility index (Phi) is 3.61. The second-order valence-corrected chi connectivity index (χ2v) is 7.91. The summed E-state index contributed by atoms with van der Waals surface area (Å²) < 4.78 is 4.76. The first-order valence-electron chi connectivity index (χ1n) is 9.26. The minimum Gasteiger partial charge on any atom is -0.232 e. The molecule has 0 radical (unpaired) electrons. The Morgan fingerprint density at radius 1 is 0.920 bits per heavy atom. The van der Waals surface area contributed by atoms with Gasteiger partial charge in [-0.3, -0.25) is 0 Å². The third kappa shape index (κ3) is 2.27. The van der Waals surface area contributed by atoms with Crippen LogP contribution in [0.25, 0.3) is 27.3 Å². The quantitative estimate of drug-likeness (QED) is 0.332. The molecule has 2 heteroatoms. The minimum absolute atomic E-state index is 0.475. The molecule has 0 bridgehead atoms. The Labute approximate surface area is 149 Å². The molecular weight excluding hydrogens is 304 g/mol. The molecule has 0 amide bonds. The van der Waals surface area contributed by atoms with E-state index in [1.165, 1.54) is 44.1 Å². The lowest BCUT2D eigenvalue weighted by atomic mass is 9.96. The van der Waals surface area contributed by atoms with Crippen LogP contribution in [0.3, 0.4) is 0 Å². The monoisotopic (exact) mass is 331 g/mol. The molecule has 0 N–H and O–H groups in total. The van der Waals surface area contributed by atoms with Crippen LogP contribution in [0.1, 0.15) is 56.4 Å². The summed E-state index contributed by atoms with van der Waals surface area (Å²) in [6, 6.07) is 13.7. The lowest BCUT2D eigenvalue weighted by Crippen LogP contribution is -2.26. The van der Waals surface area contributed by atoms with Crippen LogP contribution in [-0.4, -0.2) is 4.40 Å². The number of fused-ring (bicyclic) bond motifs is 6. The molecule has 0 saturated heterocycles. The van der Waals surface area contributed by atoms with Crippen molar-refractivity contribution >= 4 is 27.3 Å².